The molecule has 0 unspecified atom stereocenters. The molecule has 1 aliphatic rings. The second kappa shape index (κ2) is 10.3. The smallest absolute Gasteiger partial charge is 0.261 e. The summed E-state index contributed by atoms with van der Waals surface area (Å²) in [5.74, 6) is 0.0992. The highest BCUT2D eigenvalue weighted by atomic mass is 35.5. The first-order chi connectivity index (χ1) is 15.2. The molecule has 1 fully saturated rings. The standard InChI is InChI=1S/C25H30ClN3O3/c1-4-5-6-7-18(2)19(3)14-23(30)28-12-10-25(32,11-13-28)16-29-17-27-22-15-20(26)8-9-21(22)24(29)31/h4-9,15,17,19,32H,2,10-14,16H2,1,3H3/b5-4-,7-6-/t19-/m1/s1. The summed E-state index contributed by atoms with van der Waals surface area (Å²) in [5.41, 5.74) is 0.168. The second-order valence-electron chi connectivity index (χ2n) is 8.51. The third-order valence-electron chi connectivity index (χ3n) is 6.03. The van der Waals surface area contributed by atoms with Crippen molar-refractivity contribution in [2.75, 3.05) is 13.1 Å². The summed E-state index contributed by atoms with van der Waals surface area (Å²) in [5, 5.41) is 12.1. The molecule has 3 rings (SSSR count). The third-order valence-corrected chi connectivity index (χ3v) is 6.26. The van der Waals surface area contributed by atoms with E-state index in [0.717, 1.165) is 5.57 Å². The van der Waals surface area contributed by atoms with Crippen molar-refractivity contribution >= 4 is 28.4 Å². The Morgan fingerprint density at radius 1 is 1.34 bits per heavy atom. The average molecular weight is 456 g/mol. The maximum Gasteiger partial charge on any atom is 0.261 e. The average Bonchev–Trinajstić information content (AvgIpc) is 2.76. The van der Waals surface area contributed by atoms with Gasteiger partial charge in [-0.2, -0.15) is 0 Å². The summed E-state index contributed by atoms with van der Waals surface area (Å²) < 4.78 is 1.44. The van der Waals surface area contributed by atoms with E-state index in [0.29, 0.717) is 48.3 Å². The summed E-state index contributed by atoms with van der Waals surface area (Å²) in [7, 11) is 0. The van der Waals surface area contributed by atoms with Crippen LogP contribution in [0.1, 0.15) is 33.1 Å². The minimum atomic E-state index is -1.06. The zero-order chi connectivity index (χ0) is 23.3. The number of carbonyl (C=O) groups is 1. The lowest BCUT2D eigenvalue weighted by Crippen LogP contribution is -2.49. The number of likely N-dealkylation sites (tertiary alicyclic amines) is 1. The van der Waals surface area contributed by atoms with Crippen LogP contribution in [0.15, 0.2) is 65.8 Å². The van der Waals surface area contributed by atoms with Gasteiger partial charge in [-0.25, -0.2) is 4.98 Å². The fourth-order valence-electron chi connectivity index (χ4n) is 3.87. The number of amides is 1. The molecule has 1 atom stereocenters. The van der Waals surface area contributed by atoms with Gasteiger partial charge >= 0.3 is 0 Å². The van der Waals surface area contributed by atoms with Crippen LogP contribution in [0.4, 0.5) is 0 Å². The molecule has 2 heterocycles. The monoisotopic (exact) mass is 455 g/mol. The summed E-state index contributed by atoms with van der Waals surface area (Å²) in [6.07, 6.45) is 10.3. The quantitative estimate of drug-likeness (QED) is 0.637. The van der Waals surface area contributed by atoms with Gasteiger partial charge in [0.05, 0.1) is 29.4 Å². The molecule has 0 aliphatic carbocycles. The van der Waals surface area contributed by atoms with Crippen LogP contribution < -0.4 is 5.56 Å². The summed E-state index contributed by atoms with van der Waals surface area (Å²) in [4.78, 5) is 31.6. The Morgan fingerprint density at radius 2 is 2.06 bits per heavy atom. The summed E-state index contributed by atoms with van der Waals surface area (Å²) >= 11 is 5.97. The fourth-order valence-corrected chi connectivity index (χ4v) is 4.03. The summed E-state index contributed by atoms with van der Waals surface area (Å²) in [6.45, 7) is 9.04. The molecule has 170 valence electrons. The number of allylic oxidation sites excluding steroid dienone is 5. The van der Waals surface area contributed by atoms with E-state index in [1.807, 2.05) is 38.2 Å². The van der Waals surface area contributed by atoms with E-state index in [1.165, 1.54) is 10.9 Å². The van der Waals surface area contributed by atoms with Crippen molar-refractivity contribution in [1.29, 1.82) is 0 Å². The predicted molar refractivity (Wildman–Crippen MR) is 129 cm³/mol. The number of carbonyl (C=O) groups excluding carboxylic acids is 1. The number of piperidine rings is 1. The Bertz CT molecular complexity index is 1110. The van der Waals surface area contributed by atoms with Crippen LogP contribution in [0, 0.1) is 5.92 Å². The largest absolute Gasteiger partial charge is 0.388 e. The zero-order valence-corrected chi connectivity index (χ0v) is 19.4. The van der Waals surface area contributed by atoms with E-state index in [9.17, 15) is 14.7 Å². The Kier molecular flexibility index (Phi) is 7.69. The highest BCUT2D eigenvalue weighted by Crippen LogP contribution is 2.26. The molecule has 1 aromatic heterocycles. The van der Waals surface area contributed by atoms with Gasteiger partial charge in [0.15, 0.2) is 0 Å². The van der Waals surface area contributed by atoms with E-state index in [4.69, 9.17) is 11.6 Å². The third kappa shape index (κ3) is 5.75. The minimum Gasteiger partial charge on any atom is -0.388 e. The lowest BCUT2D eigenvalue weighted by atomic mass is 9.90. The molecule has 1 saturated heterocycles. The first-order valence-corrected chi connectivity index (χ1v) is 11.2. The van der Waals surface area contributed by atoms with Crippen molar-refractivity contribution in [3.05, 3.63) is 76.4 Å². The lowest BCUT2D eigenvalue weighted by molar-refractivity contribution is -0.136. The molecule has 7 heteroatoms. The molecule has 0 saturated carbocycles. The van der Waals surface area contributed by atoms with E-state index in [1.54, 1.807) is 23.1 Å². The molecule has 2 aromatic rings. The fraction of sp³-hybridized carbons (Fsp3) is 0.400. The van der Waals surface area contributed by atoms with Crippen LogP contribution in [0.25, 0.3) is 10.9 Å². The molecule has 0 bridgehead atoms. The topological polar surface area (TPSA) is 75.4 Å². The Hall–Kier alpha value is -2.70. The molecule has 0 radical (unpaired) electrons. The van der Waals surface area contributed by atoms with Gasteiger partial charge in [-0.05, 0) is 43.9 Å². The van der Waals surface area contributed by atoms with Crippen LogP contribution in [-0.4, -0.2) is 44.2 Å². The van der Waals surface area contributed by atoms with Crippen LogP contribution in [0.3, 0.4) is 0 Å². The van der Waals surface area contributed by atoms with Gasteiger partial charge in [0, 0.05) is 24.5 Å². The molecular weight excluding hydrogens is 426 g/mol. The van der Waals surface area contributed by atoms with Gasteiger partial charge in [-0.1, -0.05) is 55.0 Å². The predicted octanol–water partition coefficient (Wildman–Crippen LogP) is 4.12. The first kappa shape index (κ1) is 24.0. The van der Waals surface area contributed by atoms with Crippen LogP contribution >= 0.6 is 11.6 Å². The van der Waals surface area contributed by atoms with Crippen molar-refractivity contribution < 1.29 is 9.90 Å². The van der Waals surface area contributed by atoms with E-state index < -0.39 is 5.60 Å². The van der Waals surface area contributed by atoms with Gasteiger partial charge in [-0.3, -0.25) is 14.2 Å². The van der Waals surface area contributed by atoms with Crippen molar-refractivity contribution in [2.45, 2.75) is 45.3 Å². The Labute approximate surface area is 193 Å². The maximum atomic E-state index is 12.8. The number of fused-ring (bicyclic) bond motifs is 1. The zero-order valence-electron chi connectivity index (χ0n) is 18.6. The highest BCUT2D eigenvalue weighted by Gasteiger charge is 2.35. The maximum absolute atomic E-state index is 12.8. The molecule has 0 spiro atoms. The molecule has 1 N–H and O–H groups in total. The van der Waals surface area contributed by atoms with Crippen molar-refractivity contribution in [1.82, 2.24) is 14.5 Å². The van der Waals surface area contributed by atoms with E-state index in [2.05, 4.69) is 11.6 Å². The molecule has 1 aromatic carbocycles. The minimum absolute atomic E-state index is 0.0422. The number of benzene rings is 1. The normalized spacial score (nSPS) is 17.3. The molecular formula is C25H30ClN3O3. The second-order valence-corrected chi connectivity index (χ2v) is 8.95. The van der Waals surface area contributed by atoms with Gasteiger partial charge in [0.2, 0.25) is 5.91 Å². The summed E-state index contributed by atoms with van der Waals surface area (Å²) in [6, 6.07) is 4.95. The number of aliphatic hydroxyl groups is 1. The van der Waals surface area contributed by atoms with Gasteiger partial charge in [0.1, 0.15) is 0 Å². The molecule has 1 amide bonds. The van der Waals surface area contributed by atoms with E-state index in [-0.39, 0.29) is 23.9 Å². The number of rotatable bonds is 7. The van der Waals surface area contributed by atoms with Gasteiger partial charge < -0.3 is 10.0 Å². The Morgan fingerprint density at radius 3 is 2.75 bits per heavy atom. The highest BCUT2D eigenvalue weighted by molar-refractivity contribution is 6.31. The van der Waals surface area contributed by atoms with Crippen molar-refractivity contribution in [3.8, 4) is 0 Å². The number of hydrogen-bond acceptors (Lipinski definition) is 4. The van der Waals surface area contributed by atoms with Crippen molar-refractivity contribution in [3.63, 3.8) is 0 Å². The lowest BCUT2D eigenvalue weighted by Gasteiger charge is -2.38. The van der Waals surface area contributed by atoms with Crippen LogP contribution in [0.2, 0.25) is 5.02 Å². The van der Waals surface area contributed by atoms with Crippen molar-refractivity contribution in [2.24, 2.45) is 5.92 Å². The van der Waals surface area contributed by atoms with Gasteiger partial charge in [0.25, 0.3) is 5.56 Å². The number of hydrogen-bond donors (Lipinski definition) is 1. The van der Waals surface area contributed by atoms with Gasteiger partial charge in [-0.15, -0.1) is 0 Å². The molecule has 6 nitrogen and oxygen atoms in total. The molecule has 1 aliphatic heterocycles. The number of nitrogens with zero attached hydrogens (tertiary/aromatic N) is 3. The van der Waals surface area contributed by atoms with Crippen LogP contribution in [0.5, 0.6) is 0 Å². The van der Waals surface area contributed by atoms with Crippen LogP contribution in [-0.2, 0) is 11.3 Å². The number of halogens is 1. The first-order valence-electron chi connectivity index (χ1n) is 10.9. The SMILES string of the molecule is C=C(/C=C\C=C/C)[C@H](C)CC(=O)N1CCC(O)(Cn2cnc3cc(Cl)ccc3c2=O)CC1. The molecule has 32 heavy (non-hydrogen) atoms. The Balaban J connectivity index is 1.60. The number of aromatic nitrogens is 2. The van der Waals surface area contributed by atoms with E-state index >= 15 is 0 Å².